The van der Waals surface area contributed by atoms with Crippen molar-refractivity contribution < 1.29 is 26.5 Å². The van der Waals surface area contributed by atoms with E-state index in [-0.39, 0.29) is 34.7 Å². The first-order chi connectivity index (χ1) is 13.9. The number of hydrogen-bond donors (Lipinski definition) is 2. The Morgan fingerprint density at radius 1 is 1.07 bits per heavy atom. The fraction of sp³-hybridized carbons (Fsp3) is 0.333. The van der Waals surface area contributed by atoms with E-state index in [1.165, 1.54) is 7.11 Å². The molecule has 2 aromatic rings. The maximum Gasteiger partial charge on any atom is 0.273 e. The predicted molar refractivity (Wildman–Crippen MR) is 111 cm³/mol. The molecule has 0 aliphatic carbocycles. The third-order valence-electron chi connectivity index (χ3n) is 3.98. The van der Waals surface area contributed by atoms with E-state index in [1.807, 2.05) is 0 Å². The van der Waals surface area contributed by atoms with Crippen LogP contribution >= 0.6 is 0 Å². The second kappa shape index (κ2) is 9.51. The van der Waals surface area contributed by atoms with Crippen molar-refractivity contribution in [3.8, 4) is 5.75 Å². The summed E-state index contributed by atoms with van der Waals surface area (Å²) in [6, 6.07) is 9.46. The van der Waals surface area contributed by atoms with E-state index in [4.69, 9.17) is 4.74 Å². The molecule has 0 heterocycles. The average molecular weight is 458 g/mol. The molecule has 30 heavy (non-hydrogen) atoms. The summed E-state index contributed by atoms with van der Waals surface area (Å²) in [5.74, 6) is -0.474. The first-order valence-electron chi connectivity index (χ1n) is 8.84. The highest BCUT2D eigenvalue weighted by atomic mass is 32.2. The first-order valence-corrected chi connectivity index (χ1v) is 12.0. The molecular formula is C18H23N3O7S2. The number of non-ortho nitro benzene ring substituents is 1. The van der Waals surface area contributed by atoms with Crippen LogP contribution in [0, 0.1) is 10.1 Å². The summed E-state index contributed by atoms with van der Waals surface area (Å²) < 4.78 is 59.8. The van der Waals surface area contributed by atoms with Gasteiger partial charge in [0.25, 0.3) is 5.69 Å². The van der Waals surface area contributed by atoms with Crippen molar-refractivity contribution in [3.63, 3.8) is 0 Å². The van der Waals surface area contributed by atoms with Crippen LogP contribution in [0.25, 0.3) is 0 Å². The average Bonchev–Trinajstić information content (AvgIpc) is 2.65. The van der Waals surface area contributed by atoms with Crippen LogP contribution in [0.1, 0.15) is 25.0 Å². The van der Waals surface area contributed by atoms with Crippen molar-refractivity contribution in [1.29, 1.82) is 0 Å². The lowest BCUT2D eigenvalue weighted by atomic mass is 10.1. The summed E-state index contributed by atoms with van der Waals surface area (Å²) in [6.45, 7) is 3.24. The van der Waals surface area contributed by atoms with Gasteiger partial charge in [-0.1, -0.05) is 24.3 Å². The molecule has 0 amide bonds. The van der Waals surface area contributed by atoms with Crippen molar-refractivity contribution in [2.24, 2.45) is 0 Å². The van der Waals surface area contributed by atoms with E-state index in [9.17, 15) is 26.9 Å². The van der Waals surface area contributed by atoms with Crippen molar-refractivity contribution >= 4 is 25.7 Å². The highest BCUT2D eigenvalue weighted by Crippen LogP contribution is 2.28. The fourth-order valence-electron chi connectivity index (χ4n) is 2.72. The van der Waals surface area contributed by atoms with Gasteiger partial charge in [-0.25, -0.2) is 26.3 Å². The zero-order chi connectivity index (χ0) is 22.5. The number of benzene rings is 2. The van der Waals surface area contributed by atoms with Gasteiger partial charge in [0.05, 0.1) is 23.9 Å². The monoisotopic (exact) mass is 457 g/mol. The molecule has 164 valence electrons. The zero-order valence-corrected chi connectivity index (χ0v) is 18.3. The molecule has 0 fully saturated rings. The minimum Gasteiger partial charge on any atom is -0.495 e. The van der Waals surface area contributed by atoms with Gasteiger partial charge >= 0.3 is 0 Å². The van der Waals surface area contributed by atoms with Crippen LogP contribution in [0.2, 0.25) is 0 Å². The number of ether oxygens (including phenoxy) is 1. The quantitative estimate of drug-likeness (QED) is 0.409. The molecule has 0 bridgehead atoms. The Balaban J connectivity index is 2.26. The van der Waals surface area contributed by atoms with Gasteiger partial charge in [-0.05, 0) is 31.0 Å². The standard InChI is InChI=1S/C18H23N3O7S2/c1-13(2)20-29(24,25)12-15-7-5-4-6-14(15)11-19-30(26,27)18-9-8-16(21(22)23)10-17(18)28-3/h4-10,13,19-20H,11-12H2,1-3H3. The Bertz CT molecular complexity index is 1130. The van der Waals surface area contributed by atoms with Gasteiger partial charge in [-0.15, -0.1) is 0 Å². The van der Waals surface area contributed by atoms with Crippen LogP contribution in [0.5, 0.6) is 5.75 Å². The zero-order valence-electron chi connectivity index (χ0n) is 16.7. The molecule has 0 aromatic heterocycles. The van der Waals surface area contributed by atoms with Gasteiger partial charge in [-0.3, -0.25) is 10.1 Å². The number of nitrogens with one attached hydrogen (secondary N) is 2. The maximum atomic E-state index is 12.7. The molecule has 0 aliphatic heterocycles. The molecule has 2 aromatic carbocycles. The first kappa shape index (κ1) is 23.7. The van der Waals surface area contributed by atoms with E-state index in [1.54, 1.807) is 38.1 Å². The Kier molecular flexibility index (Phi) is 7.53. The molecule has 0 aliphatic rings. The Morgan fingerprint density at radius 2 is 1.70 bits per heavy atom. The smallest absolute Gasteiger partial charge is 0.273 e. The minimum atomic E-state index is -4.09. The SMILES string of the molecule is COc1cc([N+](=O)[O-])ccc1S(=O)(=O)NCc1ccccc1CS(=O)(=O)NC(C)C. The largest absolute Gasteiger partial charge is 0.495 e. The molecule has 0 unspecified atom stereocenters. The molecule has 0 saturated carbocycles. The van der Waals surface area contributed by atoms with E-state index < -0.39 is 25.0 Å². The van der Waals surface area contributed by atoms with Crippen LogP contribution in [-0.4, -0.2) is 34.9 Å². The number of nitro groups is 1. The van der Waals surface area contributed by atoms with Gasteiger partial charge in [0.2, 0.25) is 20.0 Å². The minimum absolute atomic E-state index is 0.171. The summed E-state index contributed by atoms with van der Waals surface area (Å²) in [4.78, 5) is 9.97. The van der Waals surface area contributed by atoms with Gasteiger partial charge in [0, 0.05) is 18.7 Å². The second-order valence-electron chi connectivity index (χ2n) is 6.72. The molecule has 10 nitrogen and oxygen atoms in total. The van der Waals surface area contributed by atoms with E-state index in [0.29, 0.717) is 11.1 Å². The van der Waals surface area contributed by atoms with Gasteiger partial charge in [0.1, 0.15) is 10.6 Å². The normalized spacial score (nSPS) is 12.1. The Hall–Kier alpha value is -2.54. The Labute approximate surface area is 175 Å². The number of methoxy groups -OCH3 is 1. The lowest BCUT2D eigenvalue weighted by molar-refractivity contribution is -0.385. The van der Waals surface area contributed by atoms with Crippen molar-refractivity contribution in [3.05, 3.63) is 63.7 Å². The van der Waals surface area contributed by atoms with Crippen LogP contribution < -0.4 is 14.2 Å². The van der Waals surface area contributed by atoms with E-state index >= 15 is 0 Å². The molecule has 0 atom stereocenters. The summed E-state index contributed by atoms with van der Waals surface area (Å²) in [6.07, 6.45) is 0. The van der Waals surface area contributed by atoms with Crippen molar-refractivity contribution in [2.75, 3.05) is 7.11 Å². The highest BCUT2D eigenvalue weighted by molar-refractivity contribution is 7.89. The summed E-state index contributed by atoms with van der Waals surface area (Å²) in [5.41, 5.74) is 0.624. The number of nitrogens with zero attached hydrogens (tertiary/aromatic N) is 1. The molecular weight excluding hydrogens is 434 g/mol. The number of sulfonamides is 2. The summed E-state index contributed by atoms with van der Waals surface area (Å²) in [5, 5.41) is 10.9. The highest BCUT2D eigenvalue weighted by Gasteiger charge is 2.23. The van der Waals surface area contributed by atoms with Crippen molar-refractivity contribution in [2.45, 2.75) is 37.1 Å². The number of hydrogen-bond acceptors (Lipinski definition) is 7. The summed E-state index contributed by atoms with van der Waals surface area (Å²) in [7, 11) is -6.47. The third kappa shape index (κ3) is 6.23. The third-order valence-corrected chi connectivity index (χ3v) is 6.94. The second-order valence-corrected chi connectivity index (χ2v) is 10.2. The molecule has 0 saturated heterocycles. The maximum absolute atomic E-state index is 12.7. The lowest BCUT2D eigenvalue weighted by Crippen LogP contribution is -2.32. The van der Waals surface area contributed by atoms with E-state index in [0.717, 1.165) is 18.2 Å². The van der Waals surface area contributed by atoms with Crippen LogP contribution in [0.4, 0.5) is 5.69 Å². The van der Waals surface area contributed by atoms with E-state index in [2.05, 4.69) is 9.44 Å². The molecule has 2 rings (SSSR count). The Morgan fingerprint density at radius 3 is 2.27 bits per heavy atom. The summed E-state index contributed by atoms with van der Waals surface area (Å²) >= 11 is 0. The number of nitro benzene ring substituents is 1. The molecule has 0 radical (unpaired) electrons. The van der Waals surface area contributed by atoms with Crippen LogP contribution in [0.3, 0.4) is 0 Å². The number of rotatable bonds is 10. The van der Waals surface area contributed by atoms with Crippen LogP contribution in [0.15, 0.2) is 47.4 Å². The molecule has 2 N–H and O–H groups in total. The van der Waals surface area contributed by atoms with Crippen LogP contribution in [-0.2, 0) is 32.3 Å². The molecule has 0 spiro atoms. The fourth-order valence-corrected chi connectivity index (χ4v) is 5.37. The lowest BCUT2D eigenvalue weighted by Gasteiger charge is -2.14. The predicted octanol–water partition coefficient (Wildman–Crippen LogP) is 1.91. The van der Waals surface area contributed by atoms with Gasteiger partial charge in [-0.2, -0.15) is 0 Å². The van der Waals surface area contributed by atoms with Gasteiger partial charge in [0.15, 0.2) is 0 Å². The topological polar surface area (TPSA) is 145 Å². The molecule has 12 heteroatoms. The van der Waals surface area contributed by atoms with Gasteiger partial charge < -0.3 is 4.74 Å². The van der Waals surface area contributed by atoms with Crippen molar-refractivity contribution in [1.82, 2.24) is 9.44 Å².